The molecule has 0 radical (unpaired) electrons. The molecule has 1 saturated heterocycles. The number of benzene rings is 2. The average Bonchev–Trinajstić information content (AvgIpc) is 3.56. The molecule has 1 aromatic heterocycles. The van der Waals surface area contributed by atoms with Crippen molar-refractivity contribution in [3.8, 4) is 34.3 Å². The number of β-amino-alcohol motifs (C(OH)–C–C–N with tert-alkyl or cyclic N) is 1. The van der Waals surface area contributed by atoms with Gasteiger partial charge in [0.05, 0.1) is 19.3 Å². The minimum Gasteiger partial charge on any atom is -0.490 e. The van der Waals surface area contributed by atoms with E-state index in [4.69, 9.17) is 19.0 Å². The van der Waals surface area contributed by atoms with Crippen molar-refractivity contribution < 1.29 is 19.1 Å². The van der Waals surface area contributed by atoms with Crippen LogP contribution >= 0.6 is 0 Å². The van der Waals surface area contributed by atoms with E-state index in [2.05, 4.69) is 28.3 Å². The first-order chi connectivity index (χ1) is 16.2. The molecule has 2 aromatic carbocycles. The lowest BCUT2D eigenvalue weighted by molar-refractivity contribution is 0.174. The van der Waals surface area contributed by atoms with E-state index >= 15 is 0 Å². The highest BCUT2D eigenvalue weighted by atomic mass is 16.5. The highest BCUT2D eigenvalue weighted by molar-refractivity contribution is 5.67. The zero-order valence-electron chi connectivity index (χ0n) is 19.3. The summed E-state index contributed by atoms with van der Waals surface area (Å²) in [6.45, 7) is 7.78. The lowest BCUT2D eigenvalue weighted by Crippen LogP contribution is -2.26. The molecule has 2 heterocycles. The second kappa shape index (κ2) is 9.53. The van der Waals surface area contributed by atoms with E-state index in [1.807, 2.05) is 32.0 Å². The topological polar surface area (TPSA) is 80.9 Å². The molecule has 7 nitrogen and oxygen atoms in total. The van der Waals surface area contributed by atoms with Crippen molar-refractivity contribution in [1.29, 1.82) is 0 Å². The Morgan fingerprint density at radius 3 is 2.73 bits per heavy atom. The van der Waals surface area contributed by atoms with Crippen LogP contribution in [-0.4, -0.2) is 59.1 Å². The van der Waals surface area contributed by atoms with E-state index in [0.29, 0.717) is 42.3 Å². The van der Waals surface area contributed by atoms with Crippen LogP contribution in [0.1, 0.15) is 43.7 Å². The molecule has 3 aromatic rings. The van der Waals surface area contributed by atoms with Crippen LogP contribution in [-0.2, 0) is 6.42 Å². The van der Waals surface area contributed by atoms with Crippen LogP contribution in [0.15, 0.2) is 40.9 Å². The van der Waals surface area contributed by atoms with Gasteiger partial charge in [0.2, 0.25) is 5.82 Å². The predicted octanol–water partition coefficient (Wildman–Crippen LogP) is 4.30. The van der Waals surface area contributed by atoms with Gasteiger partial charge in [0.15, 0.2) is 11.5 Å². The molecule has 7 heteroatoms. The third-order valence-corrected chi connectivity index (χ3v) is 6.58. The third kappa shape index (κ3) is 4.48. The van der Waals surface area contributed by atoms with Gasteiger partial charge in [0.1, 0.15) is 0 Å². The number of likely N-dealkylation sites (tertiary alicyclic amines) is 1. The highest BCUT2D eigenvalue weighted by Gasteiger charge is 2.30. The van der Waals surface area contributed by atoms with Crippen molar-refractivity contribution >= 4 is 0 Å². The van der Waals surface area contributed by atoms with Gasteiger partial charge >= 0.3 is 0 Å². The number of nitrogens with zero attached hydrogens (tertiary/aromatic N) is 3. The Morgan fingerprint density at radius 2 is 1.94 bits per heavy atom. The lowest BCUT2D eigenvalue weighted by Gasteiger charge is -2.20. The number of rotatable bonds is 8. The summed E-state index contributed by atoms with van der Waals surface area (Å²) in [5.74, 6) is 2.95. The molecule has 1 aliphatic heterocycles. The third-order valence-electron chi connectivity index (χ3n) is 6.58. The molecule has 5 rings (SSSR count). The van der Waals surface area contributed by atoms with Crippen LogP contribution in [0.3, 0.4) is 0 Å². The summed E-state index contributed by atoms with van der Waals surface area (Å²) < 4.78 is 17.1. The first kappa shape index (κ1) is 21.9. The molecule has 33 heavy (non-hydrogen) atoms. The molecular formula is C26H31N3O4. The van der Waals surface area contributed by atoms with Gasteiger partial charge in [-0.15, -0.1) is 0 Å². The molecule has 0 bridgehead atoms. The Kier molecular flexibility index (Phi) is 6.33. The first-order valence-electron chi connectivity index (χ1n) is 11.9. The molecular weight excluding hydrogens is 418 g/mol. The molecule has 1 fully saturated rings. The molecule has 2 atom stereocenters. The summed E-state index contributed by atoms with van der Waals surface area (Å²) in [6, 6.07) is 12.1. The van der Waals surface area contributed by atoms with Gasteiger partial charge in [-0.3, -0.25) is 0 Å². The first-order valence-corrected chi connectivity index (χ1v) is 11.9. The number of fused-ring (bicyclic) bond motifs is 1. The van der Waals surface area contributed by atoms with E-state index < -0.39 is 0 Å². The largest absolute Gasteiger partial charge is 0.490 e. The molecule has 0 amide bonds. The molecule has 0 spiro atoms. The number of aliphatic hydroxyl groups excluding tert-OH is 1. The second-order valence-electron chi connectivity index (χ2n) is 8.76. The SMILES string of the molecule is CCOc1ccc(-c2nc(-c3cccc4c3CCC4CN3CC[C@@H](O)C3)no2)cc1OCC. The average molecular weight is 450 g/mol. The van der Waals surface area contributed by atoms with Crippen LogP contribution in [0.5, 0.6) is 11.5 Å². The molecule has 174 valence electrons. The minimum absolute atomic E-state index is 0.180. The summed E-state index contributed by atoms with van der Waals surface area (Å²) >= 11 is 0. The van der Waals surface area contributed by atoms with Crippen molar-refractivity contribution in [2.24, 2.45) is 0 Å². The summed E-state index contributed by atoms with van der Waals surface area (Å²) in [5, 5.41) is 14.2. The van der Waals surface area contributed by atoms with E-state index in [1.165, 1.54) is 11.1 Å². The molecule has 2 aliphatic rings. The maximum atomic E-state index is 9.86. The normalized spacial score (nSPS) is 20.2. The van der Waals surface area contributed by atoms with Crippen molar-refractivity contribution in [3.63, 3.8) is 0 Å². The Bertz CT molecular complexity index is 1110. The van der Waals surface area contributed by atoms with Gasteiger partial charge in [0, 0.05) is 30.8 Å². The van der Waals surface area contributed by atoms with Crippen molar-refractivity contribution in [3.05, 3.63) is 47.5 Å². The van der Waals surface area contributed by atoms with Gasteiger partial charge in [-0.25, -0.2) is 0 Å². The number of aliphatic hydroxyl groups is 1. The van der Waals surface area contributed by atoms with Crippen molar-refractivity contribution in [1.82, 2.24) is 15.0 Å². The monoisotopic (exact) mass is 449 g/mol. The quantitative estimate of drug-likeness (QED) is 0.549. The maximum absolute atomic E-state index is 9.86. The van der Waals surface area contributed by atoms with E-state index in [-0.39, 0.29) is 6.10 Å². The van der Waals surface area contributed by atoms with Gasteiger partial charge in [-0.05, 0) is 68.4 Å². The summed E-state index contributed by atoms with van der Waals surface area (Å²) in [4.78, 5) is 7.11. The standard InChI is InChI=1S/C26H31N3O4/c1-3-31-23-11-9-17(14-24(23)32-4-2)26-27-25(28-33-26)22-7-5-6-20-18(8-10-21(20)22)15-29-13-12-19(30)16-29/h5-7,9,11,14,18-19,30H,3-4,8,10,12-13,15-16H2,1-2H3/t18?,19-/m1/s1. The zero-order chi connectivity index (χ0) is 22.8. The molecule has 0 saturated carbocycles. The van der Waals surface area contributed by atoms with Crippen LogP contribution < -0.4 is 9.47 Å². The summed E-state index contributed by atoms with van der Waals surface area (Å²) in [6.07, 6.45) is 2.82. The second-order valence-corrected chi connectivity index (χ2v) is 8.76. The van der Waals surface area contributed by atoms with Crippen LogP contribution in [0.2, 0.25) is 0 Å². The van der Waals surface area contributed by atoms with Gasteiger partial charge in [-0.2, -0.15) is 4.98 Å². The Hall–Kier alpha value is -2.90. The smallest absolute Gasteiger partial charge is 0.258 e. The fourth-order valence-electron chi connectivity index (χ4n) is 5.06. The number of hydrogen-bond donors (Lipinski definition) is 1. The summed E-state index contributed by atoms with van der Waals surface area (Å²) in [5.41, 5.74) is 4.54. The number of aromatic nitrogens is 2. The van der Waals surface area contributed by atoms with Gasteiger partial charge in [0.25, 0.3) is 5.89 Å². The fourth-order valence-corrected chi connectivity index (χ4v) is 5.06. The van der Waals surface area contributed by atoms with E-state index in [9.17, 15) is 5.11 Å². The van der Waals surface area contributed by atoms with Crippen LogP contribution in [0.4, 0.5) is 0 Å². The zero-order valence-corrected chi connectivity index (χ0v) is 19.3. The van der Waals surface area contributed by atoms with E-state index in [0.717, 1.165) is 50.0 Å². The molecule has 1 aliphatic carbocycles. The highest BCUT2D eigenvalue weighted by Crippen LogP contribution is 2.40. The molecule has 1 N–H and O–H groups in total. The van der Waals surface area contributed by atoms with Gasteiger partial charge in [-0.1, -0.05) is 23.4 Å². The Labute approximate surface area is 194 Å². The fraction of sp³-hybridized carbons (Fsp3) is 0.462. The Morgan fingerprint density at radius 1 is 1.09 bits per heavy atom. The maximum Gasteiger partial charge on any atom is 0.258 e. The predicted molar refractivity (Wildman–Crippen MR) is 126 cm³/mol. The van der Waals surface area contributed by atoms with Crippen molar-refractivity contribution in [2.75, 3.05) is 32.8 Å². The molecule has 1 unspecified atom stereocenters. The van der Waals surface area contributed by atoms with Crippen LogP contribution in [0, 0.1) is 0 Å². The summed E-state index contributed by atoms with van der Waals surface area (Å²) in [7, 11) is 0. The minimum atomic E-state index is -0.180. The van der Waals surface area contributed by atoms with E-state index in [1.54, 1.807) is 0 Å². The Balaban J connectivity index is 1.39. The van der Waals surface area contributed by atoms with Crippen molar-refractivity contribution in [2.45, 2.75) is 45.1 Å². The number of ether oxygens (including phenoxy) is 2. The van der Waals surface area contributed by atoms with Gasteiger partial charge < -0.3 is 24.0 Å². The van der Waals surface area contributed by atoms with Crippen LogP contribution in [0.25, 0.3) is 22.8 Å². The lowest BCUT2D eigenvalue weighted by atomic mass is 9.98. The number of hydrogen-bond acceptors (Lipinski definition) is 7.